The lowest BCUT2D eigenvalue weighted by Gasteiger charge is -2.52. The van der Waals surface area contributed by atoms with Crippen molar-refractivity contribution in [1.29, 1.82) is 0 Å². The van der Waals surface area contributed by atoms with E-state index in [2.05, 4.69) is 23.7 Å². The van der Waals surface area contributed by atoms with Crippen LogP contribution in [0.3, 0.4) is 0 Å². The molecule has 19 heavy (non-hydrogen) atoms. The van der Waals surface area contributed by atoms with Gasteiger partial charge in [-0.3, -0.25) is 4.98 Å². The van der Waals surface area contributed by atoms with Gasteiger partial charge >= 0.3 is 5.97 Å². The van der Waals surface area contributed by atoms with Gasteiger partial charge < -0.3 is 10.0 Å². The standard InChI is InChI=1S/C15H22N2O2/c1-3-5-15(6-4-2)10-17(11-15)13-7-12(14(18)19)8-16-9-13/h7-9H,3-6,10-11H2,1-2H3,(H,18,19). The van der Waals surface area contributed by atoms with Crippen LogP contribution >= 0.6 is 0 Å². The van der Waals surface area contributed by atoms with E-state index >= 15 is 0 Å². The summed E-state index contributed by atoms with van der Waals surface area (Å²) >= 11 is 0. The lowest BCUT2D eigenvalue weighted by atomic mass is 9.72. The third-order valence-electron chi connectivity index (χ3n) is 3.95. The molecule has 104 valence electrons. The van der Waals surface area contributed by atoms with Crippen LogP contribution in [0.25, 0.3) is 0 Å². The second-order valence-electron chi connectivity index (χ2n) is 5.59. The summed E-state index contributed by atoms with van der Waals surface area (Å²) in [7, 11) is 0. The van der Waals surface area contributed by atoms with Gasteiger partial charge in [0.15, 0.2) is 0 Å². The van der Waals surface area contributed by atoms with Crippen LogP contribution in [0.5, 0.6) is 0 Å². The van der Waals surface area contributed by atoms with Crippen molar-refractivity contribution >= 4 is 11.7 Å². The number of pyridine rings is 1. The fraction of sp³-hybridized carbons (Fsp3) is 0.600. The number of carboxylic acid groups (broad SMARTS) is 1. The van der Waals surface area contributed by atoms with Crippen LogP contribution in [-0.2, 0) is 0 Å². The maximum atomic E-state index is 11.0. The van der Waals surface area contributed by atoms with Gasteiger partial charge in [0.2, 0.25) is 0 Å². The van der Waals surface area contributed by atoms with E-state index in [4.69, 9.17) is 5.11 Å². The van der Waals surface area contributed by atoms with Crippen LogP contribution in [0.4, 0.5) is 5.69 Å². The van der Waals surface area contributed by atoms with E-state index in [1.54, 1.807) is 12.3 Å². The minimum absolute atomic E-state index is 0.265. The Balaban J connectivity index is 2.06. The average molecular weight is 262 g/mol. The Morgan fingerprint density at radius 3 is 2.47 bits per heavy atom. The number of aromatic carboxylic acids is 1. The first-order chi connectivity index (χ1) is 9.10. The van der Waals surface area contributed by atoms with Crippen molar-refractivity contribution in [3.05, 3.63) is 24.0 Å². The summed E-state index contributed by atoms with van der Waals surface area (Å²) in [5.74, 6) is -0.914. The topological polar surface area (TPSA) is 53.4 Å². The maximum absolute atomic E-state index is 11.0. The van der Waals surface area contributed by atoms with Crippen LogP contribution in [0, 0.1) is 5.41 Å². The predicted octanol–water partition coefficient (Wildman–Crippen LogP) is 3.19. The van der Waals surface area contributed by atoms with E-state index in [1.807, 2.05) is 0 Å². The Hall–Kier alpha value is -1.58. The van der Waals surface area contributed by atoms with E-state index in [-0.39, 0.29) is 5.56 Å². The first-order valence-corrected chi connectivity index (χ1v) is 7.03. The molecule has 1 N–H and O–H groups in total. The molecule has 1 aromatic heterocycles. The van der Waals surface area contributed by atoms with Crippen LogP contribution in [0.2, 0.25) is 0 Å². The molecule has 0 aromatic carbocycles. The van der Waals surface area contributed by atoms with E-state index in [0.717, 1.165) is 18.8 Å². The number of carbonyl (C=O) groups is 1. The van der Waals surface area contributed by atoms with Gasteiger partial charge in [0, 0.05) is 24.7 Å². The third-order valence-corrected chi connectivity index (χ3v) is 3.95. The van der Waals surface area contributed by atoms with Crippen molar-refractivity contribution < 1.29 is 9.90 Å². The molecule has 4 nitrogen and oxygen atoms in total. The molecule has 0 radical (unpaired) electrons. The van der Waals surface area contributed by atoms with Gasteiger partial charge in [-0.05, 0) is 18.9 Å². The van der Waals surface area contributed by atoms with Crippen molar-refractivity contribution in [3.8, 4) is 0 Å². The molecule has 2 heterocycles. The molecule has 0 saturated carbocycles. The molecule has 0 bridgehead atoms. The van der Waals surface area contributed by atoms with Gasteiger partial charge in [-0.1, -0.05) is 26.7 Å². The number of aromatic nitrogens is 1. The summed E-state index contributed by atoms with van der Waals surface area (Å²) in [5, 5.41) is 8.99. The van der Waals surface area contributed by atoms with Crippen LogP contribution < -0.4 is 4.90 Å². The number of rotatable bonds is 6. The van der Waals surface area contributed by atoms with E-state index in [9.17, 15) is 4.79 Å². The van der Waals surface area contributed by atoms with Crippen molar-refractivity contribution in [2.45, 2.75) is 39.5 Å². The van der Waals surface area contributed by atoms with E-state index in [1.165, 1.54) is 31.9 Å². The summed E-state index contributed by atoms with van der Waals surface area (Å²) < 4.78 is 0. The predicted molar refractivity (Wildman–Crippen MR) is 75.7 cm³/mol. The first-order valence-electron chi connectivity index (χ1n) is 7.03. The van der Waals surface area contributed by atoms with Gasteiger partial charge in [-0.2, -0.15) is 0 Å². The van der Waals surface area contributed by atoms with E-state index < -0.39 is 5.97 Å². The molecule has 1 aliphatic heterocycles. The molecule has 0 spiro atoms. The Kier molecular flexibility index (Phi) is 4.08. The van der Waals surface area contributed by atoms with Gasteiger partial charge in [0.25, 0.3) is 0 Å². The third kappa shape index (κ3) is 2.88. The van der Waals surface area contributed by atoms with Gasteiger partial charge in [-0.15, -0.1) is 0 Å². The maximum Gasteiger partial charge on any atom is 0.337 e. The second kappa shape index (κ2) is 5.59. The normalized spacial score (nSPS) is 17.1. The molecule has 0 unspecified atom stereocenters. The van der Waals surface area contributed by atoms with Crippen LogP contribution in [0.15, 0.2) is 18.5 Å². The molecular weight excluding hydrogens is 240 g/mol. The molecule has 1 saturated heterocycles. The number of carboxylic acids is 1. The smallest absolute Gasteiger partial charge is 0.337 e. The minimum Gasteiger partial charge on any atom is -0.478 e. The lowest BCUT2D eigenvalue weighted by Crippen LogP contribution is -2.56. The summed E-state index contributed by atoms with van der Waals surface area (Å²) in [6, 6.07) is 1.72. The van der Waals surface area contributed by atoms with Gasteiger partial charge in [0.1, 0.15) is 0 Å². The summed E-state index contributed by atoms with van der Waals surface area (Å²) in [6.07, 6.45) is 8.08. The quantitative estimate of drug-likeness (QED) is 0.855. The molecule has 4 heteroatoms. The fourth-order valence-corrected chi connectivity index (χ4v) is 3.17. The fourth-order valence-electron chi connectivity index (χ4n) is 3.17. The van der Waals surface area contributed by atoms with Crippen LogP contribution in [0.1, 0.15) is 49.9 Å². The highest BCUT2D eigenvalue weighted by atomic mass is 16.4. The van der Waals surface area contributed by atoms with Crippen molar-refractivity contribution in [3.63, 3.8) is 0 Å². The highest BCUT2D eigenvalue weighted by Gasteiger charge is 2.41. The second-order valence-corrected chi connectivity index (χ2v) is 5.59. The molecule has 0 atom stereocenters. The molecular formula is C15H22N2O2. The molecule has 0 amide bonds. The Morgan fingerprint density at radius 2 is 1.95 bits per heavy atom. The van der Waals surface area contributed by atoms with Crippen molar-refractivity contribution in [2.75, 3.05) is 18.0 Å². The van der Waals surface area contributed by atoms with Crippen molar-refractivity contribution in [2.24, 2.45) is 5.41 Å². The van der Waals surface area contributed by atoms with E-state index in [0.29, 0.717) is 5.41 Å². The Labute approximate surface area is 114 Å². The van der Waals surface area contributed by atoms with Crippen molar-refractivity contribution in [1.82, 2.24) is 4.98 Å². The monoisotopic (exact) mass is 262 g/mol. The zero-order valence-electron chi connectivity index (χ0n) is 11.7. The van der Waals surface area contributed by atoms with Gasteiger partial charge in [-0.25, -0.2) is 4.79 Å². The van der Waals surface area contributed by atoms with Gasteiger partial charge in [0.05, 0.1) is 17.4 Å². The summed E-state index contributed by atoms with van der Waals surface area (Å²) in [6.45, 7) is 6.51. The summed E-state index contributed by atoms with van der Waals surface area (Å²) in [5.41, 5.74) is 1.63. The Bertz CT molecular complexity index is 445. The number of anilines is 1. The zero-order chi connectivity index (χ0) is 13.9. The average Bonchev–Trinajstić information content (AvgIpc) is 2.35. The van der Waals surface area contributed by atoms with Crippen LogP contribution in [-0.4, -0.2) is 29.1 Å². The highest BCUT2D eigenvalue weighted by molar-refractivity contribution is 5.88. The molecule has 2 rings (SSSR count). The lowest BCUT2D eigenvalue weighted by molar-refractivity contribution is 0.0696. The Morgan fingerprint density at radius 1 is 1.32 bits per heavy atom. The first kappa shape index (κ1) is 13.8. The minimum atomic E-state index is -0.914. The molecule has 1 aromatic rings. The number of hydrogen-bond donors (Lipinski definition) is 1. The summed E-state index contributed by atoms with van der Waals surface area (Å²) in [4.78, 5) is 17.2. The molecule has 0 aliphatic carbocycles. The largest absolute Gasteiger partial charge is 0.478 e. The SMILES string of the molecule is CCCC1(CCC)CN(c2cncc(C(=O)O)c2)C1. The number of nitrogens with zero attached hydrogens (tertiary/aromatic N) is 2. The number of hydrogen-bond acceptors (Lipinski definition) is 3. The zero-order valence-corrected chi connectivity index (χ0v) is 11.7. The molecule has 1 aliphatic rings. The molecule has 1 fully saturated rings. The highest BCUT2D eigenvalue weighted by Crippen LogP contribution is 2.41.